The van der Waals surface area contributed by atoms with Gasteiger partial charge in [0.15, 0.2) is 11.9 Å². The second-order valence-electron chi connectivity index (χ2n) is 12.1. The first kappa shape index (κ1) is 32.3. The lowest BCUT2D eigenvalue weighted by atomic mass is 10.0. The SMILES string of the molecule is CC(C)C(=O)N1[C@H](C)CN(Cc2c(F)cccc2OC(C2CC2)C(F)(F)F)C[C@@H]1C(=O)NCc1ccc(-c2ncccn2)cc1. The van der Waals surface area contributed by atoms with Crippen molar-refractivity contribution in [2.75, 3.05) is 13.1 Å². The number of piperazine rings is 1. The summed E-state index contributed by atoms with van der Waals surface area (Å²) in [6.45, 7) is 5.81. The number of benzene rings is 2. The molecule has 2 heterocycles. The molecule has 240 valence electrons. The normalized spacial score (nSPS) is 19.8. The summed E-state index contributed by atoms with van der Waals surface area (Å²) in [5, 5.41) is 2.93. The van der Waals surface area contributed by atoms with Crippen LogP contribution in [-0.4, -0.2) is 69.0 Å². The van der Waals surface area contributed by atoms with Gasteiger partial charge in [0.1, 0.15) is 17.6 Å². The Morgan fingerprint density at radius 3 is 2.33 bits per heavy atom. The number of nitrogens with zero attached hydrogens (tertiary/aromatic N) is 4. The Balaban J connectivity index is 1.32. The van der Waals surface area contributed by atoms with E-state index in [0.29, 0.717) is 25.2 Å². The van der Waals surface area contributed by atoms with Gasteiger partial charge in [-0.05, 0) is 43.5 Å². The summed E-state index contributed by atoms with van der Waals surface area (Å²) >= 11 is 0. The molecule has 1 aliphatic heterocycles. The lowest BCUT2D eigenvalue weighted by Crippen LogP contribution is -2.64. The van der Waals surface area contributed by atoms with E-state index in [2.05, 4.69) is 15.3 Å². The molecule has 2 aromatic carbocycles. The third kappa shape index (κ3) is 7.78. The van der Waals surface area contributed by atoms with E-state index in [1.54, 1.807) is 42.1 Å². The van der Waals surface area contributed by atoms with E-state index in [9.17, 15) is 22.8 Å². The van der Waals surface area contributed by atoms with Gasteiger partial charge in [0, 0.05) is 67.6 Å². The molecular weight excluding hydrogens is 590 g/mol. The number of ether oxygens (including phenoxy) is 1. The minimum Gasteiger partial charge on any atom is -0.480 e. The van der Waals surface area contributed by atoms with Gasteiger partial charge in [-0.1, -0.05) is 44.2 Å². The van der Waals surface area contributed by atoms with Gasteiger partial charge in [-0.3, -0.25) is 14.5 Å². The van der Waals surface area contributed by atoms with Gasteiger partial charge in [0.25, 0.3) is 0 Å². The Labute approximate surface area is 259 Å². The standard InChI is InChI=1S/C33H37F4N5O3/c1-20(2)32(44)42-21(3)17-41(18-25-26(34)6-4-7-28(25)45-29(23-12-13-23)33(35,36)37)19-27(42)31(43)40-16-22-8-10-24(11-9-22)30-38-14-5-15-39-30/h4-11,14-15,20-21,23,27,29H,12-13,16-19H2,1-3H3,(H,40,43)/t21-,27-,29?/m1/s1. The molecule has 0 bridgehead atoms. The van der Waals surface area contributed by atoms with E-state index in [0.717, 1.165) is 11.1 Å². The summed E-state index contributed by atoms with van der Waals surface area (Å²) in [4.78, 5) is 38.7. The Morgan fingerprint density at radius 2 is 1.71 bits per heavy atom. The minimum absolute atomic E-state index is 0.00937. The molecule has 0 radical (unpaired) electrons. The maximum Gasteiger partial charge on any atom is 0.425 e. The average molecular weight is 628 g/mol. The number of amides is 2. The molecule has 2 amide bonds. The number of aromatic nitrogens is 2. The summed E-state index contributed by atoms with van der Waals surface area (Å²) in [7, 11) is 0. The van der Waals surface area contributed by atoms with E-state index >= 15 is 4.39 Å². The highest BCUT2D eigenvalue weighted by molar-refractivity contribution is 5.89. The van der Waals surface area contributed by atoms with Crippen LogP contribution in [0.5, 0.6) is 5.75 Å². The number of carbonyl (C=O) groups is 2. The number of alkyl halides is 3. The fourth-order valence-corrected chi connectivity index (χ4v) is 5.70. The van der Waals surface area contributed by atoms with Crippen LogP contribution in [0.2, 0.25) is 0 Å². The number of nitrogens with one attached hydrogen (secondary N) is 1. The second-order valence-corrected chi connectivity index (χ2v) is 12.1. The molecule has 1 aliphatic carbocycles. The van der Waals surface area contributed by atoms with Crippen LogP contribution in [0.1, 0.15) is 44.7 Å². The molecule has 0 spiro atoms. The smallest absolute Gasteiger partial charge is 0.425 e. The van der Waals surface area contributed by atoms with Gasteiger partial charge in [0.05, 0.1) is 0 Å². The van der Waals surface area contributed by atoms with Crippen LogP contribution in [0.25, 0.3) is 11.4 Å². The van der Waals surface area contributed by atoms with E-state index in [1.165, 1.54) is 18.2 Å². The highest BCUT2D eigenvalue weighted by Crippen LogP contribution is 2.43. The summed E-state index contributed by atoms with van der Waals surface area (Å²) in [6, 6.07) is 11.7. The van der Waals surface area contributed by atoms with E-state index < -0.39 is 36.1 Å². The first-order chi connectivity index (χ1) is 21.4. The zero-order valence-electron chi connectivity index (χ0n) is 25.4. The lowest BCUT2D eigenvalue weighted by molar-refractivity contribution is -0.201. The van der Waals surface area contributed by atoms with E-state index in [-0.39, 0.29) is 48.7 Å². The zero-order valence-corrected chi connectivity index (χ0v) is 25.4. The van der Waals surface area contributed by atoms with Gasteiger partial charge in [0.2, 0.25) is 11.8 Å². The van der Waals surface area contributed by atoms with Crippen molar-refractivity contribution < 1.29 is 31.9 Å². The van der Waals surface area contributed by atoms with Crippen molar-refractivity contribution in [2.45, 2.75) is 71.1 Å². The van der Waals surface area contributed by atoms with Crippen LogP contribution < -0.4 is 10.1 Å². The Bertz CT molecular complexity index is 1480. The van der Waals surface area contributed by atoms with Crippen LogP contribution in [0.4, 0.5) is 17.6 Å². The molecule has 1 unspecified atom stereocenters. The number of carbonyl (C=O) groups excluding carboxylic acids is 2. The first-order valence-electron chi connectivity index (χ1n) is 15.1. The number of hydrogen-bond donors (Lipinski definition) is 1. The van der Waals surface area contributed by atoms with Crippen LogP contribution >= 0.6 is 0 Å². The number of halogens is 4. The molecule has 1 aromatic heterocycles. The van der Waals surface area contributed by atoms with Crippen LogP contribution in [-0.2, 0) is 22.7 Å². The van der Waals surface area contributed by atoms with Crippen molar-refractivity contribution >= 4 is 11.8 Å². The van der Waals surface area contributed by atoms with Gasteiger partial charge in [-0.25, -0.2) is 14.4 Å². The van der Waals surface area contributed by atoms with Gasteiger partial charge < -0.3 is 15.0 Å². The average Bonchev–Trinajstić information content (AvgIpc) is 3.85. The molecule has 2 aliphatic rings. The van der Waals surface area contributed by atoms with Crippen LogP contribution in [0, 0.1) is 17.7 Å². The third-order valence-corrected chi connectivity index (χ3v) is 8.14. The highest BCUT2D eigenvalue weighted by atomic mass is 19.4. The van der Waals surface area contributed by atoms with Gasteiger partial charge in [-0.15, -0.1) is 0 Å². The molecule has 2 fully saturated rings. The third-order valence-electron chi connectivity index (χ3n) is 8.14. The van der Waals surface area contributed by atoms with Crippen molar-refractivity contribution in [2.24, 2.45) is 11.8 Å². The molecule has 5 rings (SSSR count). The number of hydrogen-bond acceptors (Lipinski definition) is 6. The second kappa shape index (κ2) is 13.5. The van der Waals surface area contributed by atoms with Crippen LogP contribution in [0.15, 0.2) is 60.9 Å². The molecule has 3 atom stereocenters. The zero-order chi connectivity index (χ0) is 32.3. The summed E-state index contributed by atoms with van der Waals surface area (Å²) in [5.74, 6) is -1.87. The first-order valence-corrected chi connectivity index (χ1v) is 15.1. The molecular formula is C33H37F4N5O3. The topological polar surface area (TPSA) is 87.7 Å². The van der Waals surface area contributed by atoms with Gasteiger partial charge >= 0.3 is 6.18 Å². The van der Waals surface area contributed by atoms with Crippen molar-refractivity contribution in [3.8, 4) is 17.1 Å². The van der Waals surface area contributed by atoms with E-state index in [4.69, 9.17) is 4.74 Å². The molecule has 45 heavy (non-hydrogen) atoms. The predicted octanol–water partition coefficient (Wildman–Crippen LogP) is 5.38. The predicted molar refractivity (Wildman–Crippen MR) is 159 cm³/mol. The Morgan fingerprint density at radius 1 is 1.02 bits per heavy atom. The Kier molecular flexibility index (Phi) is 9.71. The number of rotatable bonds is 10. The monoisotopic (exact) mass is 627 g/mol. The van der Waals surface area contributed by atoms with Crippen LogP contribution in [0.3, 0.4) is 0 Å². The molecule has 1 N–H and O–H groups in total. The largest absolute Gasteiger partial charge is 0.480 e. The summed E-state index contributed by atoms with van der Waals surface area (Å²) in [6.07, 6.45) is -2.47. The fraction of sp³-hybridized carbons (Fsp3) is 0.455. The van der Waals surface area contributed by atoms with Gasteiger partial charge in [-0.2, -0.15) is 13.2 Å². The minimum atomic E-state index is -4.58. The maximum absolute atomic E-state index is 15.1. The van der Waals surface area contributed by atoms with Crippen molar-refractivity contribution in [3.63, 3.8) is 0 Å². The maximum atomic E-state index is 15.1. The lowest BCUT2D eigenvalue weighted by Gasteiger charge is -2.45. The van der Waals surface area contributed by atoms with Crippen molar-refractivity contribution in [3.05, 3.63) is 77.9 Å². The van der Waals surface area contributed by atoms with Crippen molar-refractivity contribution in [1.29, 1.82) is 0 Å². The van der Waals surface area contributed by atoms with E-state index in [1.807, 2.05) is 31.2 Å². The molecule has 3 aromatic rings. The molecule has 1 saturated carbocycles. The fourth-order valence-electron chi connectivity index (χ4n) is 5.70. The highest BCUT2D eigenvalue weighted by Gasteiger charge is 2.51. The quantitative estimate of drug-likeness (QED) is 0.304. The molecule has 12 heteroatoms. The molecule has 8 nitrogen and oxygen atoms in total. The summed E-state index contributed by atoms with van der Waals surface area (Å²) in [5.41, 5.74) is 1.64. The Hall–Kier alpha value is -4.06. The molecule has 1 saturated heterocycles. The van der Waals surface area contributed by atoms with Crippen molar-refractivity contribution in [1.82, 2.24) is 25.1 Å². The summed E-state index contributed by atoms with van der Waals surface area (Å²) < 4.78 is 61.8.